The van der Waals surface area contributed by atoms with Gasteiger partial charge in [-0.3, -0.25) is 14.2 Å². The molecule has 2 aromatic carbocycles. The summed E-state index contributed by atoms with van der Waals surface area (Å²) in [6, 6.07) is 7.06. The van der Waals surface area contributed by atoms with Crippen molar-refractivity contribution >= 4 is 46.0 Å². The quantitative estimate of drug-likeness (QED) is 0.539. The molecule has 156 valence electrons. The van der Waals surface area contributed by atoms with Gasteiger partial charge in [0.05, 0.1) is 22.0 Å². The zero-order valence-corrected chi connectivity index (χ0v) is 17.6. The number of phenols is 1. The van der Waals surface area contributed by atoms with Crippen LogP contribution in [0.4, 0.5) is 4.39 Å². The number of nitrogens with zero attached hydrogens (tertiary/aromatic N) is 1. The molecule has 0 unspecified atom stereocenters. The summed E-state index contributed by atoms with van der Waals surface area (Å²) in [5.41, 5.74) is 1.18. The molecule has 1 saturated carbocycles. The van der Waals surface area contributed by atoms with E-state index in [0.717, 1.165) is 19.3 Å². The van der Waals surface area contributed by atoms with E-state index in [9.17, 15) is 19.1 Å². The number of rotatable bonds is 4. The van der Waals surface area contributed by atoms with Crippen molar-refractivity contribution in [1.29, 1.82) is 0 Å². The van der Waals surface area contributed by atoms with Gasteiger partial charge in [0.1, 0.15) is 6.10 Å². The fourth-order valence-electron chi connectivity index (χ4n) is 3.62. The second-order valence-corrected chi connectivity index (χ2v) is 8.16. The summed E-state index contributed by atoms with van der Waals surface area (Å²) in [5, 5.41) is 10.4. The minimum Gasteiger partial charge on any atom is -0.505 e. The second-order valence-electron chi connectivity index (χ2n) is 7.35. The fourth-order valence-corrected chi connectivity index (χ4v) is 3.92. The number of halogens is 3. The zero-order valence-electron chi connectivity index (χ0n) is 16.0. The van der Waals surface area contributed by atoms with Crippen LogP contribution in [0.25, 0.3) is 10.9 Å². The molecule has 5 nitrogen and oxygen atoms in total. The molecule has 1 fully saturated rings. The van der Waals surface area contributed by atoms with E-state index in [2.05, 4.69) is 0 Å². The monoisotopic (exact) mass is 449 g/mol. The maximum Gasteiger partial charge on any atom is 0.310 e. The number of aromatic nitrogens is 1. The van der Waals surface area contributed by atoms with Gasteiger partial charge in [-0.2, -0.15) is 0 Å². The lowest BCUT2D eigenvalue weighted by molar-refractivity contribution is -0.152. The Morgan fingerprint density at radius 1 is 1.20 bits per heavy atom. The van der Waals surface area contributed by atoms with Gasteiger partial charge in [-0.05, 0) is 62.1 Å². The topological polar surface area (TPSA) is 68.5 Å². The Morgan fingerprint density at radius 2 is 1.93 bits per heavy atom. The molecule has 0 spiro atoms. The molecule has 0 aliphatic heterocycles. The van der Waals surface area contributed by atoms with Crippen LogP contribution < -0.4 is 0 Å². The van der Waals surface area contributed by atoms with E-state index in [1.54, 1.807) is 6.92 Å². The van der Waals surface area contributed by atoms with Gasteiger partial charge in [-0.15, -0.1) is 0 Å². The number of hydrogen-bond acceptors (Lipinski definition) is 4. The number of esters is 1. The van der Waals surface area contributed by atoms with E-state index >= 15 is 0 Å². The largest absolute Gasteiger partial charge is 0.505 e. The van der Waals surface area contributed by atoms with Gasteiger partial charge in [0.15, 0.2) is 11.6 Å². The zero-order chi connectivity index (χ0) is 21.6. The molecule has 0 amide bonds. The molecule has 0 bridgehead atoms. The van der Waals surface area contributed by atoms with Crippen molar-refractivity contribution in [2.45, 2.75) is 38.7 Å². The highest BCUT2D eigenvalue weighted by Gasteiger charge is 2.27. The summed E-state index contributed by atoms with van der Waals surface area (Å²) in [4.78, 5) is 25.6. The Morgan fingerprint density at radius 3 is 2.57 bits per heavy atom. The van der Waals surface area contributed by atoms with Gasteiger partial charge >= 0.3 is 5.97 Å². The van der Waals surface area contributed by atoms with Crippen molar-refractivity contribution < 1.29 is 23.8 Å². The second kappa shape index (κ2) is 7.93. The van der Waals surface area contributed by atoms with Crippen LogP contribution in [-0.2, 0) is 16.0 Å². The molecule has 30 heavy (non-hydrogen) atoms. The minimum atomic E-state index is -0.886. The third kappa shape index (κ3) is 3.55. The first kappa shape index (κ1) is 20.7. The summed E-state index contributed by atoms with van der Waals surface area (Å²) in [6.45, 7) is 1.62. The summed E-state index contributed by atoms with van der Waals surface area (Å²) < 4.78 is 21.6. The predicted octanol–water partition coefficient (Wildman–Crippen LogP) is 5.43. The molecular formula is C22H18Cl2FNO4. The highest BCUT2D eigenvalue weighted by Crippen LogP contribution is 2.34. The predicted molar refractivity (Wildman–Crippen MR) is 112 cm³/mol. The number of fused-ring (bicyclic) bond motifs is 1. The number of benzene rings is 2. The average molecular weight is 450 g/mol. The first-order chi connectivity index (χ1) is 14.3. The summed E-state index contributed by atoms with van der Waals surface area (Å²) in [5.74, 6) is -2.40. The van der Waals surface area contributed by atoms with Crippen molar-refractivity contribution in [1.82, 2.24) is 4.57 Å². The molecule has 1 heterocycles. The lowest BCUT2D eigenvalue weighted by Crippen LogP contribution is -2.26. The third-order valence-corrected chi connectivity index (χ3v) is 6.19. The highest BCUT2D eigenvalue weighted by atomic mass is 35.5. The fraction of sp³-hybridized carbons (Fsp3) is 0.273. The number of carbonyl (C=O) groups is 2. The average Bonchev–Trinajstić information content (AvgIpc) is 2.95. The van der Waals surface area contributed by atoms with Crippen LogP contribution in [0.2, 0.25) is 10.0 Å². The van der Waals surface area contributed by atoms with Gasteiger partial charge in [0, 0.05) is 16.6 Å². The first-order valence-corrected chi connectivity index (χ1v) is 10.2. The number of phenolic OH excluding ortho intramolecular Hbond substituents is 1. The summed E-state index contributed by atoms with van der Waals surface area (Å²) >= 11 is 12.0. The third-order valence-electron chi connectivity index (χ3n) is 5.46. The van der Waals surface area contributed by atoms with E-state index < -0.39 is 23.4 Å². The number of ether oxygens (including phenoxy) is 1. The molecule has 0 atom stereocenters. The van der Waals surface area contributed by atoms with E-state index in [-0.39, 0.29) is 34.0 Å². The lowest BCUT2D eigenvalue weighted by atomic mass is 9.96. The Labute approximate surface area is 182 Å². The molecule has 8 heteroatoms. The first-order valence-electron chi connectivity index (χ1n) is 9.48. The Bertz CT molecular complexity index is 1180. The van der Waals surface area contributed by atoms with Crippen LogP contribution in [0.1, 0.15) is 40.9 Å². The molecule has 4 rings (SSSR count). The molecule has 1 aliphatic carbocycles. The molecule has 0 radical (unpaired) electrons. The molecule has 1 N–H and O–H groups in total. The SMILES string of the molecule is Cc1c(CC(=O)OC2CCC2)c2c(F)c(O)ccc2n1C(=O)c1ccc(Cl)c(Cl)c1. The Hall–Kier alpha value is -2.57. The summed E-state index contributed by atoms with van der Waals surface area (Å²) in [7, 11) is 0. The van der Waals surface area contributed by atoms with Gasteiger partial charge in [0.25, 0.3) is 5.91 Å². The van der Waals surface area contributed by atoms with Crippen molar-refractivity contribution in [2.24, 2.45) is 0 Å². The van der Waals surface area contributed by atoms with Crippen LogP contribution in [0, 0.1) is 12.7 Å². The standard InChI is InChI=1S/C22H18Cl2FNO4/c1-11-14(10-19(28)30-13-3-2-4-13)20-17(7-8-18(27)21(20)25)26(11)22(29)12-5-6-15(23)16(24)9-12/h5-9,13,27H,2-4,10H2,1H3. The molecule has 1 aromatic heterocycles. The van der Waals surface area contributed by atoms with Crippen molar-refractivity contribution in [3.8, 4) is 5.75 Å². The number of aromatic hydroxyl groups is 1. The minimum absolute atomic E-state index is 0.0199. The maximum absolute atomic E-state index is 14.9. The highest BCUT2D eigenvalue weighted by molar-refractivity contribution is 6.42. The van der Waals surface area contributed by atoms with Crippen LogP contribution in [0.5, 0.6) is 5.75 Å². The molecule has 0 saturated heterocycles. The van der Waals surface area contributed by atoms with Crippen LogP contribution in [0.3, 0.4) is 0 Å². The lowest BCUT2D eigenvalue weighted by Gasteiger charge is -2.25. The van der Waals surface area contributed by atoms with E-state index in [1.807, 2.05) is 0 Å². The Kier molecular flexibility index (Phi) is 5.47. The number of carbonyl (C=O) groups excluding carboxylic acids is 2. The molecular weight excluding hydrogens is 432 g/mol. The van der Waals surface area contributed by atoms with E-state index in [1.165, 1.54) is 34.9 Å². The van der Waals surface area contributed by atoms with Crippen LogP contribution in [0.15, 0.2) is 30.3 Å². The smallest absolute Gasteiger partial charge is 0.310 e. The van der Waals surface area contributed by atoms with Crippen molar-refractivity contribution in [3.05, 3.63) is 63.0 Å². The molecule has 1 aliphatic rings. The van der Waals surface area contributed by atoms with E-state index in [0.29, 0.717) is 16.3 Å². The van der Waals surface area contributed by atoms with Gasteiger partial charge < -0.3 is 9.84 Å². The van der Waals surface area contributed by atoms with Crippen LogP contribution in [-0.4, -0.2) is 27.7 Å². The normalized spacial score (nSPS) is 14.0. The van der Waals surface area contributed by atoms with Gasteiger partial charge in [0.2, 0.25) is 0 Å². The van der Waals surface area contributed by atoms with Crippen molar-refractivity contribution in [3.63, 3.8) is 0 Å². The molecule has 3 aromatic rings. The van der Waals surface area contributed by atoms with E-state index in [4.69, 9.17) is 27.9 Å². The van der Waals surface area contributed by atoms with Gasteiger partial charge in [-0.1, -0.05) is 23.2 Å². The van der Waals surface area contributed by atoms with Crippen LogP contribution >= 0.6 is 23.2 Å². The number of hydrogen-bond donors (Lipinski definition) is 1. The maximum atomic E-state index is 14.9. The Balaban J connectivity index is 1.82. The summed E-state index contributed by atoms with van der Waals surface area (Å²) in [6.07, 6.45) is 2.33. The van der Waals surface area contributed by atoms with Crippen molar-refractivity contribution in [2.75, 3.05) is 0 Å². The van der Waals surface area contributed by atoms with Gasteiger partial charge in [-0.25, -0.2) is 4.39 Å².